The van der Waals surface area contributed by atoms with Gasteiger partial charge in [-0.25, -0.2) is 0 Å². The fourth-order valence-corrected chi connectivity index (χ4v) is 2.36. The lowest BCUT2D eigenvalue weighted by molar-refractivity contribution is 0.493. The molecule has 0 unspecified atom stereocenters. The lowest BCUT2D eigenvalue weighted by Gasteiger charge is -2.20. The molecule has 20 heavy (non-hydrogen) atoms. The smallest absolute Gasteiger partial charge is 0.194 e. The number of aliphatic imine (C=N–C) groups is 1. The average molecular weight is 276 g/mol. The van der Waals surface area contributed by atoms with Gasteiger partial charge in [0.2, 0.25) is 0 Å². The van der Waals surface area contributed by atoms with Crippen LogP contribution in [-0.2, 0) is 13.0 Å². The van der Waals surface area contributed by atoms with Crippen LogP contribution in [0.5, 0.6) is 0 Å². The highest BCUT2D eigenvalue weighted by atomic mass is 15.3. The van der Waals surface area contributed by atoms with Gasteiger partial charge in [0.05, 0.1) is 6.54 Å². The van der Waals surface area contributed by atoms with Crippen LogP contribution in [0.4, 0.5) is 0 Å². The van der Waals surface area contributed by atoms with E-state index >= 15 is 0 Å². The molecule has 1 saturated heterocycles. The molecule has 2 heterocycles. The maximum absolute atomic E-state index is 4.70. The van der Waals surface area contributed by atoms with Crippen molar-refractivity contribution in [3.8, 4) is 0 Å². The highest BCUT2D eigenvalue weighted by Crippen LogP contribution is 2.07. The zero-order valence-electron chi connectivity index (χ0n) is 12.3. The minimum atomic E-state index is 0.737. The van der Waals surface area contributed by atoms with Gasteiger partial charge in [-0.1, -0.05) is 13.0 Å². The van der Waals surface area contributed by atoms with E-state index in [1.807, 2.05) is 6.08 Å². The molecule has 1 aromatic rings. The monoisotopic (exact) mass is 276 g/mol. The molecular weight excluding hydrogens is 252 g/mol. The first kappa shape index (κ1) is 14.6. The Morgan fingerprint density at radius 3 is 3.00 bits per heavy atom. The van der Waals surface area contributed by atoms with Crippen molar-refractivity contribution in [1.29, 1.82) is 0 Å². The fourth-order valence-electron chi connectivity index (χ4n) is 2.36. The zero-order valence-corrected chi connectivity index (χ0v) is 12.3. The predicted octanol–water partition coefficient (Wildman–Crippen LogP) is 1.07. The van der Waals surface area contributed by atoms with Crippen molar-refractivity contribution in [1.82, 2.24) is 25.0 Å². The molecule has 0 atom stereocenters. The van der Waals surface area contributed by atoms with Crippen LogP contribution in [0.1, 0.15) is 25.6 Å². The molecule has 0 amide bonds. The second kappa shape index (κ2) is 7.67. The maximum atomic E-state index is 4.70. The summed E-state index contributed by atoms with van der Waals surface area (Å²) in [4.78, 5) is 7.02. The van der Waals surface area contributed by atoms with E-state index in [0.29, 0.717) is 0 Å². The van der Waals surface area contributed by atoms with Crippen LogP contribution in [0, 0.1) is 0 Å². The van der Waals surface area contributed by atoms with Gasteiger partial charge in [0.25, 0.3) is 0 Å². The van der Waals surface area contributed by atoms with Gasteiger partial charge in [-0.15, -0.1) is 16.8 Å². The van der Waals surface area contributed by atoms with E-state index in [4.69, 9.17) is 4.99 Å². The van der Waals surface area contributed by atoms with Crippen molar-refractivity contribution in [3.05, 3.63) is 24.8 Å². The molecule has 1 fully saturated rings. The van der Waals surface area contributed by atoms with Crippen LogP contribution < -0.4 is 5.32 Å². The second-order valence-corrected chi connectivity index (χ2v) is 4.86. The summed E-state index contributed by atoms with van der Waals surface area (Å²) < 4.78 is 2.07. The van der Waals surface area contributed by atoms with E-state index in [-0.39, 0.29) is 0 Å². The normalized spacial score (nSPS) is 15.7. The van der Waals surface area contributed by atoms with Gasteiger partial charge in [-0.05, 0) is 12.8 Å². The largest absolute Gasteiger partial charge is 0.353 e. The van der Waals surface area contributed by atoms with Crippen LogP contribution in [-0.4, -0.2) is 51.8 Å². The van der Waals surface area contributed by atoms with Crippen LogP contribution in [0.3, 0.4) is 0 Å². The molecule has 0 aromatic carbocycles. The number of hydrogen-bond donors (Lipinski definition) is 1. The lowest BCUT2D eigenvalue weighted by Crippen LogP contribution is -2.40. The van der Waals surface area contributed by atoms with Gasteiger partial charge in [0.15, 0.2) is 5.96 Å². The Morgan fingerprint density at radius 2 is 2.30 bits per heavy atom. The van der Waals surface area contributed by atoms with Crippen LogP contribution in [0.2, 0.25) is 0 Å². The van der Waals surface area contributed by atoms with Gasteiger partial charge in [0.1, 0.15) is 12.2 Å². The van der Waals surface area contributed by atoms with Crippen molar-refractivity contribution in [3.63, 3.8) is 0 Å². The molecule has 2 rings (SSSR count). The first-order valence-electron chi connectivity index (χ1n) is 7.36. The summed E-state index contributed by atoms with van der Waals surface area (Å²) in [5, 5.41) is 11.4. The number of nitrogens with zero attached hydrogens (tertiary/aromatic N) is 5. The molecule has 6 nitrogen and oxygen atoms in total. The molecule has 0 bridgehead atoms. The molecule has 1 N–H and O–H groups in total. The Bertz CT molecular complexity index is 444. The van der Waals surface area contributed by atoms with Gasteiger partial charge in [0, 0.05) is 32.6 Å². The maximum Gasteiger partial charge on any atom is 0.194 e. The number of hydrogen-bond acceptors (Lipinski definition) is 3. The fraction of sp³-hybridized carbons (Fsp3) is 0.643. The molecule has 0 radical (unpaired) electrons. The molecule has 0 spiro atoms. The van der Waals surface area contributed by atoms with Crippen molar-refractivity contribution in [2.24, 2.45) is 4.99 Å². The highest BCUT2D eigenvalue weighted by molar-refractivity contribution is 5.80. The molecule has 1 aromatic heterocycles. The highest BCUT2D eigenvalue weighted by Gasteiger charge is 2.15. The van der Waals surface area contributed by atoms with Gasteiger partial charge in [-0.3, -0.25) is 4.99 Å². The summed E-state index contributed by atoms with van der Waals surface area (Å²) in [5.41, 5.74) is 0. The molecule has 6 heteroatoms. The minimum Gasteiger partial charge on any atom is -0.353 e. The van der Waals surface area contributed by atoms with Crippen LogP contribution in [0.15, 0.2) is 24.0 Å². The predicted molar refractivity (Wildman–Crippen MR) is 80.7 cm³/mol. The van der Waals surface area contributed by atoms with E-state index in [9.17, 15) is 0 Å². The summed E-state index contributed by atoms with van der Waals surface area (Å²) in [5.74, 6) is 2.01. The third-order valence-corrected chi connectivity index (χ3v) is 3.42. The Balaban J connectivity index is 1.92. The Hall–Kier alpha value is -1.85. The van der Waals surface area contributed by atoms with E-state index in [1.54, 1.807) is 6.33 Å². The van der Waals surface area contributed by atoms with Crippen molar-refractivity contribution in [2.45, 2.75) is 32.7 Å². The van der Waals surface area contributed by atoms with Crippen LogP contribution in [0.25, 0.3) is 0 Å². The van der Waals surface area contributed by atoms with Gasteiger partial charge < -0.3 is 14.8 Å². The quantitative estimate of drug-likeness (QED) is 0.480. The molecule has 1 aliphatic heterocycles. The zero-order chi connectivity index (χ0) is 14.2. The molecule has 0 saturated carbocycles. The van der Waals surface area contributed by atoms with Crippen LogP contribution >= 0.6 is 0 Å². The van der Waals surface area contributed by atoms with Crippen molar-refractivity contribution in [2.75, 3.05) is 26.2 Å². The standard InChI is InChI=1S/C14H24N6/c1-3-7-15-14(19-9-5-6-10-19)16-8-11-20-12-17-18-13(20)4-2/h3,12H,1,4-11H2,2H3,(H,15,16). The third-order valence-electron chi connectivity index (χ3n) is 3.42. The summed E-state index contributed by atoms with van der Waals surface area (Å²) in [6.45, 7) is 10.3. The van der Waals surface area contributed by atoms with E-state index in [1.165, 1.54) is 12.8 Å². The third kappa shape index (κ3) is 3.82. The average Bonchev–Trinajstić information content (AvgIpc) is 3.13. The van der Waals surface area contributed by atoms with Gasteiger partial charge >= 0.3 is 0 Å². The topological polar surface area (TPSA) is 58.3 Å². The van der Waals surface area contributed by atoms with E-state index in [0.717, 1.165) is 50.9 Å². The second-order valence-electron chi connectivity index (χ2n) is 4.86. The summed E-state index contributed by atoms with van der Waals surface area (Å²) >= 11 is 0. The number of guanidine groups is 1. The Kier molecular flexibility index (Phi) is 5.58. The first-order chi connectivity index (χ1) is 9.85. The molecule has 1 aliphatic rings. The van der Waals surface area contributed by atoms with E-state index < -0.39 is 0 Å². The number of likely N-dealkylation sites (tertiary alicyclic amines) is 1. The van der Waals surface area contributed by atoms with Crippen molar-refractivity contribution >= 4 is 5.96 Å². The number of rotatable bonds is 6. The number of nitrogens with one attached hydrogen (secondary N) is 1. The SMILES string of the molecule is C=CCNC(=NCCn1cnnc1CC)N1CCCC1. The lowest BCUT2D eigenvalue weighted by atomic mass is 10.4. The summed E-state index contributed by atoms with van der Waals surface area (Å²) in [6, 6.07) is 0. The Morgan fingerprint density at radius 1 is 1.50 bits per heavy atom. The molecule has 110 valence electrons. The van der Waals surface area contributed by atoms with Crippen molar-refractivity contribution < 1.29 is 0 Å². The first-order valence-corrected chi connectivity index (χ1v) is 7.36. The minimum absolute atomic E-state index is 0.737. The summed E-state index contributed by atoms with van der Waals surface area (Å²) in [7, 11) is 0. The summed E-state index contributed by atoms with van der Waals surface area (Å²) in [6.07, 6.45) is 7.04. The molecule has 0 aliphatic carbocycles. The number of aryl methyl sites for hydroxylation is 1. The molecular formula is C14H24N6. The van der Waals surface area contributed by atoms with E-state index in [2.05, 4.69) is 38.5 Å². The number of aromatic nitrogens is 3. The van der Waals surface area contributed by atoms with Gasteiger partial charge in [-0.2, -0.15) is 0 Å². The Labute approximate surface area is 120 Å².